The van der Waals surface area contributed by atoms with E-state index in [0.29, 0.717) is 5.69 Å². The average Bonchev–Trinajstić information content (AvgIpc) is 2.35. The van der Waals surface area contributed by atoms with Crippen LogP contribution >= 0.6 is 0 Å². The smallest absolute Gasteiger partial charge is 0.261 e. The second-order valence-electron chi connectivity index (χ2n) is 4.06. The Kier molecular flexibility index (Phi) is 6.38. The first kappa shape index (κ1) is 15.5. The van der Waals surface area contributed by atoms with Gasteiger partial charge in [0.1, 0.15) is 6.61 Å². The number of carbonyl (C=O) groups is 1. The largest absolute Gasteiger partial charge is 0.389 e. The zero-order valence-corrected chi connectivity index (χ0v) is 10.6. The predicted molar refractivity (Wildman–Crippen MR) is 67.1 cm³/mol. The minimum atomic E-state index is -2.52. The average molecular weight is 273 g/mol. The minimum Gasteiger partial charge on any atom is -0.389 e. The lowest BCUT2D eigenvalue weighted by atomic mass is 10.1. The summed E-state index contributed by atoms with van der Waals surface area (Å²) in [7, 11) is 0. The highest BCUT2D eigenvalue weighted by Gasteiger charge is 2.06. The van der Waals surface area contributed by atoms with Crippen LogP contribution < -0.4 is 5.32 Å². The number of aliphatic hydroxyl groups is 1. The summed E-state index contributed by atoms with van der Waals surface area (Å²) in [6.45, 7) is 0.951. The maximum absolute atomic E-state index is 11.8. The summed E-state index contributed by atoms with van der Waals surface area (Å²) in [6, 6.07) is 6.74. The van der Waals surface area contributed by atoms with Gasteiger partial charge in [0.05, 0.1) is 19.1 Å². The standard InChI is InChI=1S/C13H17F2NO3/c1-9(17)10-2-4-11(5-3-10)16-13(18)6-7-19-8-12(14)15/h2-5,9,12,17H,6-8H2,1H3,(H,16,18). The van der Waals surface area contributed by atoms with Crippen molar-refractivity contribution in [3.05, 3.63) is 29.8 Å². The van der Waals surface area contributed by atoms with Crippen molar-refractivity contribution < 1.29 is 23.4 Å². The Morgan fingerprint density at radius 1 is 1.37 bits per heavy atom. The van der Waals surface area contributed by atoms with Gasteiger partial charge in [0.25, 0.3) is 6.43 Å². The van der Waals surface area contributed by atoms with Crippen molar-refractivity contribution in [3.8, 4) is 0 Å². The van der Waals surface area contributed by atoms with Crippen molar-refractivity contribution >= 4 is 11.6 Å². The molecule has 0 heterocycles. The molecule has 19 heavy (non-hydrogen) atoms. The maximum Gasteiger partial charge on any atom is 0.261 e. The summed E-state index contributed by atoms with van der Waals surface area (Å²) < 4.78 is 28.1. The lowest BCUT2D eigenvalue weighted by Gasteiger charge is -2.08. The van der Waals surface area contributed by atoms with Crippen LogP contribution in [0, 0.1) is 0 Å². The highest BCUT2D eigenvalue weighted by molar-refractivity contribution is 5.90. The molecule has 0 radical (unpaired) electrons. The predicted octanol–water partition coefficient (Wildman–Crippen LogP) is 2.35. The molecule has 1 atom stereocenters. The zero-order valence-electron chi connectivity index (χ0n) is 10.6. The van der Waals surface area contributed by atoms with E-state index >= 15 is 0 Å². The van der Waals surface area contributed by atoms with E-state index in [4.69, 9.17) is 0 Å². The van der Waals surface area contributed by atoms with Gasteiger partial charge >= 0.3 is 0 Å². The Balaban J connectivity index is 2.32. The van der Waals surface area contributed by atoms with Gasteiger partial charge in [-0.15, -0.1) is 0 Å². The number of ether oxygens (including phenoxy) is 1. The van der Waals surface area contributed by atoms with Gasteiger partial charge in [-0.1, -0.05) is 12.1 Å². The van der Waals surface area contributed by atoms with E-state index in [-0.39, 0.29) is 18.9 Å². The van der Waals surface area contributed by atoms with Gasteiger partial charge < -0.3 is 15.2 Å². The number of amides is 1. The summed E-state index contributed by atoms with van der Waals surface area (Å²) >= 11 is 0. The van der Waals surface area contributed by atoms with Crippen molar-refractivity contribution in [1.82, 2.24) is 0 Å². The number of aliphatic hydroxyl groups excluding tert-OH is 1. The van der Waals surface area contributed by atoms with Crippen LogP contribution in [0.5, 0.6) is 0 Å². The fourth-order valence-electron chi connectivity index (χ4n) is 1.41. The highest BCUT2D eigenvalue weighted by Crippen LogP contribution is 2.15. The third-order valence-electron chi connectivity index (χ3n) is 2.39. The van der Waals surface area contributed by atoms with Gasteiger partial charge in [0.15, 0.2) is 0 Å². The number of alkyl halides is 2. The molecule has 1 amide bonds. The van der Waals surface area contributed by atoms with Crippen molar-refractivity contribution in [2.75, 3.05) is 18.5 Å². The van der Waals surface area contributed by atoms with E-state index < -0.39 is 19.1 Å². The van der Waals surface area contributed by atoms with Gasteiger partial charge in [-0.25, -0.2) is 8.78 Å². The number of nitrogens with one attached hydrogen (secondary N) is 1. The van der Waals surface area contributed by atoms with Crippen LogP contribution in [-0.2, 0) is 9.53 Å². The molecule has 6 heteroatoms. The molecule has 1 aromatic carbocycles. The first-order chi connectivity index (χ1) is 8.99. The SMILES string of the molecule is CC(O)c1ccc(NC(=O)CCOCC(F)F)cc1. The third-order valence-corrected chi connectivity index (χ3v) is 2.39. The Morgan fingerprint density at radius 3 is 2.53 bits per heavy atom. The molecule has 106 valence electrons. The zero-order chi connectivity index (χ0) is 14.3. The molecule has 0 aliphatic heterocycles. The van der Waals surface area contributed by atoms with E-state index in [1.165, 1.54) is 0 Å². The Morgan fingerprint density at radius 2 is 2.00 bits per heavy atom. The van der Waals surface area contributed by atoms with Crippen LogP contribution in [-0.4, -0.2) is 30.7 Å². The van der Waals surface area contributed by atoms with Crippen molar-refractivity contribution in [2.24, 2.45) is 0 Å². The van der Waals surface area contributed by atoms with E-state index in [2.05, 4.69) is 10.1 Å². The van der Waals surface area contributed by atoms with Crippen LogP contribution in [0.25, 0.3) is 0 Å². The Bertz CT molecular complexity index is 393. The van der Waals surface area contributed by atoms with Gasteiger partial charge in [0.2, 0.25) is 5.91 Å². The molecule has 1 aromatic rings. The number of anilines is 1. The second-order valence-corrected chi connectivity index (χ2v) is 4.06. The molecule has 0 aromatic heterocycles. The van der Waals surface area contributed by atoms with Gasteiger partial charge in [0, 0.05) is 5.69 Å². The van der Waals surface area contributed by atoms with Crippen LogP contribution in [0.1, 0.15) is 25.0 Å². The number of halogens is 2. The summed E-state index contributed by atoms with van der Waals surface area (Å²) in [5.74, 6) is -0.306. The molecular weight excluding hydrogens is 256 g/mol. The van der Waals surface area contributed by atoms with Crippen LogP contribution in [0.2, 0.25) is 0 Å². The third kappa shape index (κ3) is 6.26. The van der Waals surface area contributed by atoms with E-state index in [1.54, 1.807) is 31.2 Å². The molecule has 0 aliphatic rings. The first-order valence-corrected chi connectivity index (χ1v) is 5.93. The summed E-state index contributed by atoms with van der Waals surface area (Å²) in [5, 5.41) is 11.9. The molecule has 0 spiro atoms. The molecule has 0 fully saturated rings. The minimum absolute atomic E-state index is 0.0187. The molecule has 1 unspecified atom stereocenters. The van der Waals surface area contributed by atoms with Gasteiger partial charge in [-0.3, -0.25) is 4.79 Å². The molecule has 2 N–H and O–H groups in total. The van der Waals surface area contributed by atoms with Crippen LogP contribution in [0.3, 0.4) is 0 Å². The summed E-state index contributed by atoms with van der Waals surface area (Å²) in [6.07, 6.45) is -3.06. The number of carbonyl (C=O) groups excluding carboxylic acids is 1. The Hall–Kier alpha value is -1.53. The van der Waals surface area contributed by atoms with Crippen molar-refractivity contribution in [2.45, 2.75) is 25.9 Å². The van der Waals surface area contributed by atoms with Crippen molar-refractivity contribution in [3.63, 3.8) is 0 Å². The number of hydrogen-bond acceptors (Lipinski definition) is 3. The van der Waals surface area contributed by atoms with Gasteiger partial charge in [-0.05, 0) is 24.6 Å². The number of benzene rings is 1. The molecular formula is C13H17F2NO3. The first-order valence-electron chi connectivity index (χ1n) is 5.93. The normalized spacial score (nSPS) is 12.5. The molecule has 0 saturated carbocycles. The second kappa shape index (κ2) is 7.81. The Labute approximate surface area is 110 Å². The summed E-state index contributed by atoms with van der Waals surface area (Å²) in [4.78, 5) is 11.4. The van der Waals surface area contributed by atoms with Crippen molar-refractivity contribution in [1.29, 1.82) is 0 Å². The lowest BCUT2D eigenvalue weighted by Crippen LogP contribution is -2.15. The quantitative estimate of drug-likeness (QED) is 0.750. The number of rotatable bonds is 7. The monoisotopic (exact) mass is 273 g/mol. The fourth-order valence-corrected chi connectivity index (χ4v) is 1.41. The van der Waals surface area contributed by atoms with E-state index in [9.17, 15) is 18.7 Å². The highest BCUT2D eigenvalue weighted by atomic mass is 19.3. The molecule has 0 saturated heterocycles. The lowest BCUT2D eigenvalue weighted by molar-refractivity contribution is -0.117. The summed E-state index contributed by atoms with van der Waals surface area (Å²) in [5.41, 5.74) is 1.33. The van der Waals surface area contributed by atoms with Crippen LogP contribution in [0.15, 0.2) is 24.3 Å². The molecule has 1 rings (SSSR count). The fraction of sp³-hybridized carbons (Fsp3) is 0.462. The number of hydrogen-bond donors (Lipinski definition) is 2. The maximum atomic E-state index is 11.8. The van der Waals surface area contributed by atoms with Crippen LogP contribution in [0.4, 0.5) is 14.5 Å². The molecule has 4 nitrogen and oxygen atoms in total. The van der Waals surface area contributed by atoms with Gasteiger partial charge in [-0.2, -0.15) is 0 Å². The van der Waals surface area contributed by atoms with E-state index in [1.807, 2.05) is 0 Å². The topological polar surface area (TPSA) is 58.6 Å². The molecule has 0 aliphatic carbocycles. The molecule has 0 bridgehead atoms. The van der Waals surface area contributed by atoms with E-state index in [0.717, 1.165) is 5.56 Å².